The van der Waals surface area contributed by atoms with Gasteiger partial charge < -0.3 is 9.15 Å². The molecule has 2 atom stereocenters. The zero-order valence-electron chi connectivity index (χ0n) is 14.0. The van der Waals surface area contributed by atoms with Crippen LogP contribution in [0.3, 0.4) is 0 Å². The predicted molar refractivity (Wildman–Crippen MR) is 89.0 cm³/mol. The van der Waals surface area contributed by atoms with Crippen molar-refractivity contribution in [2.45, 2.75) is 37.3 Å². The number of rotatable bonds is 5. The normalized spacial score (nSPS) is 29.7. The maximum Gasteiger partial charge on any atom is 0.276 e. The van der Waals surface area contributed by atoms with Gasteiger partial charge in [-0.3, -0.25) is 4.90 Å². The minimum Gasteiger partial charge on any atom is -0.447 e. The van der Waals surface area contributed by atoms with E-state index in [1.807, 2.05) is 6.07 Å². The number of furan rings is 1. The highest BCUT2D eigenvalue weighted by molar-refractivity contribution is 7.89. The first-order valence-corrected chi connectivity index (χ1v) is 10.5. The third kappa shape index (κ3) is 3.27. The molecule has 3 saturated heterocycles. The molecule has 134 valence electrons. The molecule has 4 heterocycles. The molecule has 0 amide bonds. The van der Waals surface area contributed by atoms with Crippen LogP contribution in [0.25, 0.3) is 0 Å². The van der Waals surface area contributed by atoms with Crippen LogP contribution in [0.15, 0.2) is 21.6 Å². The fourth-order valence-electron chi connectivity index (χ4n) is 4.17. The van der Waals surface area contributed by atoms with Crippen molar-refractivity contribution in [2.75, 3.05) is 39.4 Å². The topological polar surface area (TPSA) is 63.0 Å². The average molecular weight is 354 g/mol. The minimum atomic E-state index is -3.44. The Morgan fingerprint density at radius 3 is 2.67 bits per heavy atom. The van der Waals surface area contributed by atoms with Crippen molar-refractivity contribution in [3.63, 3.8) is 0 Å². The van der Waals surface area contributed by atoms with E-state index in [0.717, 1.165) is 44.9 Å². The highest BCUT2D eigenvalue weighted by Gasteiger charge is 2.33. The summed E-state index contributed by atoms with van der Waals surface area (Å²) in [5, 5.41) is 0.0966. The molecular weight excluding hydrogens is 328 g/mol. The van der Waals surface area contributed by atoms with Gasteiger partial charge in [-0.05, 0) is 56.2 Å². The summed E-state index contributed by atoms with van der Waals surface area (Å²) in [5.41, 5.74) is 0. The summed E-state index contributed by atoms with van der Waals surface area (Å²) in [4.78, 5) is 2.37. The van der Waals surface area contributed by atoms with Gasteiger partial charge in [-0.2, -0.15) is 4.31 Å². The summed E-state index contributed by atoms with van der Waals surface area (Å²) in [7, 11) is -3.44. The molecule has 0 bridgehead atoms. The number of hydrogen-bond donors (Lipinski definition) is 0. The Hall–Kier alpha value is -0.890. The van der Waals surface area contributed by atoms with Gasteiger partial charge in [-0.15, -0.1) is 0 Å². The second-order valence-electron chi connectivity index (χ2n) is 7.24. The molecule has 0 saturated carbocycles. The van der Waals surface area contributed by atoms with E-state index in [4.69, 9.17) is 9.15 Å². The van der Waals surface area contributed by atoms with E-state index in [1.54, 1.807) is 6.07 Å². The van der Waals surface area contributed by atoms with Crippen LogP contribution >= 0.6 is 0 Å². The van der Waals surface area contributed by atoms with Crippen LogP contribution < -0.4 is 0 Å². The molecule has 6 nitrogen and oxygen atoms in total. The molecule has 1 aromatic heterocycles. The van der Waals surface area contributed by atoms with Crippen molar-refractivity contribution in [1.29, 1.82) is 0 Å². The van der Waals surface area contributed by atoms with Crippen molar-refractivity contribution in [3.05, 3.63) is 17.9 Å². The SMILES string of the molecule is O=S(=O)(c1ccc(CN2CCC(C3CCOC3)C2)o1)N1CCCC1. The monoisotopic (exact) mass is 354 g/mol. The predicted octanol–water partition coefficient (Wildman–Crippen LogP) is 1.92. The summed E-state index contributed by atoms with van der Waals surface area (Å²) in [5.74, 6) is 2.14. The first-order valence-electron chi connectivity index (χ1n) is 9.02. The number of ether oxygens (including phenoxy) is 1. The standard InChI is InChI=1S/C17H26N2O4S/c20-24(21,19-7-1-2-8-19)17-4-3-16(23-17)12-18-9-5-14(11-18)15-6-10-22-13-15/h3-4,14-15H,1-2,5-13H2. The number of sulfonamides is 1. The van der Waals surface area contributed by atoms with Gasteiger partial charge in [0, 0.05) is 32.8 Å². The molecule has 0 radical (unpaired) electrons. The lowest BCUT2D eigenvalue weighted by molar-refractivity contribution is 0.170. The first-order chi connectivity index (χ1) is 11.6. The van der Waals surface area contributed by atoms with Gasteiger partial charge in [0.25, 0.3) is 10.0 Å². The molecule has 0 N–H and O–H groups in total. The Morgan fingerprint density at radius 2 is 1.92 bits per heavy atom. The molecule has 3 aliphatic rings. The molecule has 0 aliphatic carbocycles. The fourth-order valence-corrected chi connectivity index (χ4v) is 5.62. The Kier molecular flexibility index (Phi) is 4.68. The number of nitrogens with zero attached hydrogens (tertiary/aromatic N) is 2. The Balaban J connectivity index is 1.37. The zero-order valence-corrected chi connectivity index (χ0v) is 14.8. The smallest absolute Gasteiger partial charge is 0.276 e. The molecule has 24 heavy (non-hydrogen) atoms. The molecular formula is C17H26N2O4S. The van der Waals surface area contributed by atoms with E-state index in [2.05, 4.69) is 4.90 Å². The molecule has 3 aliphatic heterocycles. The van der Waals surface area contributed by atoms with Crippen LogP contribution in [0, 0.1) is 11.8 Å². The first kappa shape index (κ1) is 16.6. The van der Waals surface area contributed by atoms with Crippen molar-refractivity contribution in [2.24, 2.45) is 11.8 Å². The second-order valence-corrected chi connectivity index (χ2v) is 9.11. The van der Waals surface area contributed by atoms with Gasteiger partial charge >= 0.3 is 0 Å². The zero-order chi connectivity index (χ0) is 16.6. The fraction of sp³-hybridized carbons (Fsp3) is 0.765. The van der Waals surface area contributed by atoms with Crippen LogP contribution in [0.2, 0.25) is 0 Å². The number of hydrogen-bond acceptors (Lipinski definition) is 5. The van der Waals surface area contributed by atoms with Gasteiger partial charge in [-0.1, -0.05) is 0 Å². The van der Waals surface area contributed by atoms with Crippen molar-refractivity contribution < 1.29 is 17.6 Å². The van der Waals surface area contributed by atoms with Gasteiger partial charge in [0.1, 0.15) is 5.76 Å². The molecule has 0 spiro atoms. The van der Waals surface area contributed by atoms with Gasteiger partial charge in [0.15, 0.2) is 0 Å². The Bertz CT molecular complexity index is 660. The summed E-state index contributed by atoms with van der Waals surface area (Å²) in [6.45, 7) is 5.82. The van der Waals surface area contributed by atoms with Crippen LogP contribution in [-0.2, 0) is 21.3 Å². The maximum absolute atomic E-state index is 12.5. The Labute approximate surface area is 143 Å². The lowest BCUT2D eigenvalue weighted by Gasteiger charge is -2.18. The maximum atomic E-state index is 12.5. The van der Waals surface area contributed by atoms with Crippen molar-refractivity contribution >= 4 is 10.0 Å². The third-order valence-corrected chi connectivity index (χ3v) is 7.39. The van der Waals surface area contributed by atoms with Gasteiger partial charge in [0.05, 0.1) is 6.54 Å². The van der Waals surface area contributed by atoms with E-state index in [0.29, 0.717) is 31.5 Å². The van der Waals surface area contributed by atoms with Crippen molar-refractivity contribution in [1.82, 2.24) is 9.21 Å². The summed E-state index contributed by atoms with van der Waals surface area (Å²) < 4.78 is 37.8. The molecule has 2 unspecified atom stereocenters. The van der Waals surface area contributed by atoms with Crippen LogP contribution in [-0.4, -0.2) is 57.0 Å². The summed E-state index contributed by atoms with van der Waals surface area (Å²) >= 11 is 0. The highest BCUT2D eigenvalue weighted by Crippen LogP contribution is 2.31. The van der Waals surface area contributed by atoms with Crippen LogP contribution in [0.4, 0.5) is 0 Å². The average Bonchev–Trinajstić information content (AvgIpc) is 3.34. The lowest BCUT2D eigenvalue weighted by atomic mass is 9.91. The van der Waals surface area contributed by atoms with Gasteiger partial charge in [-0.25, -0.2) is 8.42 Å². The molecule has 0 aromatic carbocycles. The summed E-state index contributed by atoms with van der Waals surface area (Å²) in [6.07, 6.45) is 4.25. The molecule has 7 heteroatoms. The largest absolute Gasteiger partial charge is 0.447 e. The number of likely N-dealkylation sites (tertiary alicyclic amines) is 1. The molecule has 3 fully saturated rings. The Morgan fingerprint density at radius 1 is 1.08 bits per heavy atom. The lowest BCUT2D eigenvalue weighted by Crippen LogP contribution is -2.27. The van der Waals surface area contributed by atoms with E-state index < -0.39 is 10.0 Å². The van der Waals surface area contributed by atoms with E-state index in [9.17, 15) is 8.42 Å². The highest BCUT2D eigenvalue weighted by atomic mass is 32.2. The van der Waals surface area contributed by atoms with E-state index >= 15 is 0 Å². The third-order valence-electron chi connectivity index (χ3n) is 5.62. The van der Waals surface area contributed by atoms with Crippen molar-refractivity contribution in [3.8, 4) is 0 Å². The minimum absolute atomic E-state index is 0.0966. The molecule has 1 aromatic rings. The van der Waals surface area contributed by atoms with E-state index in [-0.39, 0.29) is 5.09 Å². The van der Waals surface area contributed by atoms with E-state index in [1.165, 1.54) is 17.1 Å². The van der Waals surface area contributed by atoms with Crippen LogP contribution in [0.5, 0.6) is 0 Å². The second kappa shape index (κ2) is 6.78. The molecule has 4 rings (SSSR count). The summed E-state index contributed by atoms with van der Waals surface area (Å²) in [6, 6.07) is 3.43. The van der Waals surface area contributed by atoms with Gasteiger partial charge in [0.2, 0.25) is 5.09 Å². The van der Waals surface area contributed by atoms with Crippen LogP contribution in [0.1, 0.15) is 31.4 Å². The quantitative estimate of drug-likeness (QED) is 0.808.